The lowest BCUT2D eigenvalue weighted by Crippen LogP contribution is -2.31. The highest BCUT2D eigenvalue weighted by molar-refractivity contribution is 5.89. The molecule has 0 saturated heterocycles. The van der Waals surface area contributed by atoms with Crippen molar-refractivity contribution in [2.45, 2.75) is 26.2 Å². The Labute approximate surface area is 109 Å². The van der Waals surface area contributed by atoms with E-state index in [4.69, 9.17) is 4.74 Å². The highest BCUT2D eigenvalue weighted by Gasteiger charge is 2.13. The van der Waals surface area contributed by atoms with Crippen molar-refractivity contribution in [3.05, 3.63) is 29.8 Å². The van der Waals surface area contributed by atoms with Crippen molar-refractivity contribution < 1.29 is 9.53 Å². The van der Waals surface area contributed by atoms with Crippen LogP contribution in [0.25, 0.3) is 0 Å². The molecule has 2 amide bonds. The van der Waals surface area contributed by atoms with Gasteiger partial charge in [0.2, 0.25) is 0 Å². The van der Waals surface area contributed by atoms with Gasteiger partial charge in [-0.05, 0) is 23.1 Å². The number of benzene rings is 1. The molecule has 4 nitrogen and oxygen atoms in total. The molecule has 4 heteroatoms. The van der Waals surface area contributed by atoms with Crippen LogP contribution in [0.3, 0.4) is 0 Å². The number of nitrogens with one attached hydrogen (secondary N) is 2. The van der Waals surface area contributed by atoms with Crippen molar-refractivity contribution in [2.75, 3.05) is 25.6 Å². The van der Waals surface area contributed by atoms with E-state index < -0.39 is 0 Å². The number of carbonyl (C=O) groups excluding carboxylic acids is 1. The molecule has 0 aliphatic rings. The van der Waals surface area contributed by atoms with Gasteiger partial charge in [0.15, 0.2) is 0 Å². The maximum Gasteiger partial charge on any atom is 0.319 e. The van der Waals surface area contributed by atoms with Crippen molar-refractivity contribution in [3.63, 3.8) is 0 Å². The Bertz CT molecular complexity index is 397. The second kappa shape index (κ2) is 6.40. The van der Waals surface area contributed by atoms with Crippen LogP contribution in [0.5, 0.6) is 0 Å². The number of urea groups is 1. The SMILES string of the molecule is COCCNC(=O)Nc1cccc(C(C)(C)C)c1. The van der Waals surface area contributed by atoms with E-state index in [2.05, 4.69) is 37.5 Å². The molecule has 0 atom stereocenters. The quantitative estimate of drug-likeness (QED) is 0.807. The summed E-state index contributed by atoms with van der Waals surface area (Å²) in [6.45, 7) is 7.44. The summed E-state index contributed by atoms with van der Waals surface area (Å²) in [7, 11) is 1.60. The topological polar surface area (TPSA) is 50.4 Å². The largest absolute Gasteiger partial charge is 0.383 e. The summed E-state index contributed by atoms with van der Waals surface area (Å²) in [6, 6.07) is 7.68. The molecular weight excluding hydrogens is 228 g/mol. The van der Waals surface area contributed by atoms with Crippen LogP contribution in [0.1, 0.15) is 26.3 Å². The van der Waals surface area contributed by atoms with Gasteiger partial charge in [-0.15, -0.1) is 0 Å². The molecule has 0 unspecified atom stereocenters. The summed E-state index contributed by atoms with van der Waals surface area (Å²) in [5, 5.41) is 5.52. The van der Waals surface area contributed by atoms with Crippen LogP contribution in [0.15, 0.2) is 24.3 Å². The zero-order valence-corrected chi connectivity index (χ0v) is 11.5. The summed E-state index contributed by atoms with van der Waals surface area (Å²) in [5.74, 6) is 0. The van der Waals surface area contributed by atoms with Crippen LogP contribution >= 0.6 is 0 Å². The second-order valence-electron chi connectivity index (χ2n) is 5.20. The van der Waals surface area contributed by atoms with Gasteiger partial charge in [0.1, 0.15) is 0 Å². The number of ether oxygens (including phenoxy) is 1. The van der Waals surface area contributed by atoms with Crippen molar-refractivity contribution in [1.82, 2.24) is 5.32 Å². The van der Waals surface area contributed by atoms with Gasteiger partial charge in [-0.3, -0.25) is 0 Å². The standard InChI is InChI=1S/C14H22N2O2/c1-14(2,3)11-6-5-7-12(10-11)16-13(17)15-8-9-18-4/h5-7,10H,8-9H2,1-4H3,(H2,15,16,17). The molecule has 100 valence electrons. The average molecular weight is 250 g/mol. The van der Waals surface area contributed by atoms with Gasteiger partial charge in [0.05, 0.1) is 6.61 Å². The maximum absolute atomic E-state index is 11.6. The van der Waals surface area contributed by atoms with Gasteiger partial charge in [-0.1, -0.05) is 32.9 Å². The van der Waals surface area contributed by atoms with Crippen molar-refractivity contribution in [1.29, 1.82) is 0 Å². The first-order valence-corrected chi connectivity index (χ1v) is 6.08. The number of amides is 2. The fourth-order valence-electron chi connectivity index (χ4n) is 1.51. The van der Waals surface area contributed by atoms with Crippen molar-refractivity contribution in [3.8, 4) is 0 Å². The van der Waals surface area contributed by atoms with Crippen LogP contribution in [0.2, 0.25) is 0 Å². The van der Waals surface area contributed by atoms with Gasteiger partial charge >= 0.3 is 6.03 Å². The minimum Gasteiger partial charge on any atom is -0.383 e. The molecule has 1 rings (SSSR count). The minimum atomic E-state index is -0.210. The molecule has 1 aromatic rings. The van der Waals surface area contributed by atoms with E-state index >= 15 is 0 Å². The maximum atomic E-state index is 11.6. The smallest absolute Gasteiger partial charge is 0.319 e. The Kier molecular flexibility index (Phi) is 5.16. The Morgan fingerprint density at radius 3 is 2.67 bits per heavy atom. The molecule has 0 aliphatic heterocycles. The molecule has 18 heavy (non-hydrogen) atoms. The molecule has 0 heterocycles. The Hall–Kier alpha value is -1.55. The van der Waals surface area contributed by atoms with E-state index in [9.17, 15) is 4.79 Å². The molecule has 0 aromatic heterocycles. The Morgan fingerprint density at radius 1 is 1.33 bits per heavy atom. The van der Waals surface area contributed by atoms with E-state index in [0.717, 1.165) is 5.69 Å². The second-order valence-corrected chi connectivity index (χ2v) is 5.20. The lowest BCUT2D eigenvalue weighted by atomic mass is 9.87. The lowest BCUT2D eigenvalue weighted by molar-refractivity contribution is 0.198. The molecule has 0 spiro atoms. The molecule has 0 radical (unpaired) electrons. The third-order valence-corrected chi connectivity index (χ3v) is 2.58. The summed E-state index contributed by atoms with van der Waals surface area (Å²) in [5.41, 5.74) is 2.07. The highest BCUT2D eigenvalue weighted by Crippen LogP contribution is 2.24. The fourth-order valence-corrected chi connectivity index (χ4v) is 1.51. The van der Waals surface area contributed by atoms with Gasteiger partial charge in [0.25, 0.3) is 0 Å². The summed E-state index contributed by atoms with van der Waals surface area (Å²) >= 11 is 0. The van der Waals surface area contributed by atoms with Gasteiger partial charge in [-0.25, -0.2) is 4.79 Å². The molecule has 2 N–H and O–H groups in total. The first-order chi connectivity index (χ1) is 8.43. The lowest BCUT2D eigenvalue weighted by Gasteiger charge is -2.19. The molecule has 0 aliphatic carbocycles. The molecule has 0 bridgehead atoms. The third kappa shape index (κ3) is 4.75. The van der Waals surface area contributed by atoms with Crippen molar-refractivity contribution in [2.24, 2.45) is 0 Å². The number of carbonyl (C=O) groups is 1. The third-order valence-electron chi connectivity index (χ3n) is 2.58. The van der Waals surface area contributed by atoms with Crippen LogP contribution in [-0.2, 0) is 10.2 Å². The molecule has 0 fully saturated rings. The average Bonchev–Trinajstić information content (AvgIpc) is 2.28. The first-order valence-electron chi connectivity index (χ1n) is 6.08. The minimum absolute atomic E-state index is 0.0736. The van der Waals surface area contributed by atoms with E-state index in [1.807, 2.05) is 18.2 Å². The highest BCUT2D eigenvalue weighted by atomic mass is 16.5. The Balaban J connectivity index is 2.60. The van der Waals surface area contributed by atoms with E-state index in [-0.39, 0.29) is 11.4 Å². The number of hydrogen-bond donors (Lipinski definition) is 2. The van der Waals surface area contributed by atoms with Gasteiger partial charge in [-0.2, -0.15) is 0 Å². The molecular formula is C14H22N2O2. The summed E-state index contributed by atoms with van der Waals surface area (Å²) < 4.78 is 4.86. The van der Waals surface area contributed by atoms with E-state index in [1.54, 1.807) is 7.11 Å². The van der Waals surface area contributed by atoms with Crippen LogP contribution in [0, 0.1) is 0 Å². The van der Waals surface area contributed by atoms with Crippen LogP contribution < -0.4 is 10.6 Å². The monoisotopic (exact) mass is 250 g/mol. The molecule has 0 saturated carbocycles. The predicted molar refractivity (Wildman–Crippen MR) is 74.0 cm³/mol. The van der Waals surface area contributed by atoms with Crippen molar-refractivity contribution >= 4 is 11.7 Å². The van der Waals surface area contributed by atoms with E-state index in [1.165, 1.54) is 5.56 Å². The Morgan fingerprint density at radius 2 is 2.06 bits per heavy atom. The predicted octanol–water partition coefficient (Wildman–Crippen LogP) is 2.75. The van der Waals surface area contributed by atoms with E-state index in [0.29, 0.717) is 13.2 Å². The summed E-state index contributed by atoms with van der Waals surface area (Å²) in [6.07, 6.45) is 0. The number of hydrogen-bond acceptors (Lipinski definition) is 2. The normalized spacial score (nSPS) is 11.1. The van der Waals surface area contributed by atoms with Gasteiger partial charge < -0.3 is 15.4 Å². The number of methoxy groups -OCH3 is 1. The van der Waals surface area contributed by atoms with Gasteiger partial charge in [0, 0.05) is 19.3 Å². The zero-order chi connectivity index (χ0) is 13.6. The number of anilines is 1. The number of rotatable bonds is 4. The molecule has 1 aromatic carbocycles. The van der Waals surface area contributed by atoms with Crippen LogP contribution in [-0.4, -0.2) is 26.3 Å². The zero-order valence-electron chi connectivity index (χ0n) is 11.5. The first kappa shape index (κ1) is 14.5. The van der Waals surface area contributed by atoms with Crippen LogP contribution in [0.4, 0.5) is 10.5 Å². The summed E-state index contributed by atoms with van der Waals surface area (Å²) in [4.78, 5) is 11.6. The fraction of sp³-hybridized carbons (Fsp3) is 0.500.